The zero-order chi connectivity index (χ0) is 23.4. The molecule has 176 valence electrons. The third-order valence-corrected chi connectivity index (χ3v) is 7.04. The number of carbonyl (C=O) groups is 3. The van der Waals surface area contributed by atoms with Crippen molar-refractivity contribution in [2.75, 3.05) is 26.2 Å². The summed E-state index contributed by atoms with van der Waals surface area (Å²) in [4.78, 5) is 42.5. The number of hydrogen-bond acceptors (Lipinski definition) is 3. The van der Waals surface area contributed by atoms with E-state index in [1.807, 2.05) is 61.2 Å². The summed E-state index contributed by atoms with van der Waals surface area (Å²) in [6.45, 7) is 6.13. The molecule has 33 heavy (non-hydrogen) atoms. The van der Waals surface area contributed by atoms with Crippen LogP contribution in [0.15, 0.2) is 42.5 Å². The number of rotatable bonds is 6. The molecule has 0 bridgehead atoms. The molecule has 0 spiro atoms. The smallest absolute Gasteiger partial charge is 0.245 e. The van der Waals surface area contributed by atoms with Crippen LogP contribution in [0, 0.1) is 11.8 Å². The van der Waals surface area contributed by atoms with Crippen molar-refractivity contribution in [3.63, 3.8) is 0 Å². The Labute approximate surface area is 196 Å². The Kier molecular flexibility index (Phi) is 7.31. The normalized spacial score (nSPS) is 18.0. The van der Waals surface area contributed by atoms with Crippen LogP contribution in [0.1, 0.15) is 45.1 Å². The first-order valence-electron chi connectivity index (χ1n) is 12.3. The topological polar surface area (TPSA) is 69.7 Å². The van der Waals surface area contributed by atoms with Gasteiger partial charge in [-0.2, -0.15) is 0 Å². The lowest BCUT2D eigenvalue weighted by Gasteiger charge is -2.38. The summed E-state index contributed by atoms with van der Waals surface area (Å²) >= 11 is 0. The highest BCUT2D eigenvalue weighted by molar-refractivity contribution is 5.90. The number of nitrogens with zero attached hydrogens (tertiary/aromatic N) is 2. The molecule has 4 rings (SSSR count). The molecule has 0 aromatic heterocycles. The van der Waals surface area contributed by atoms with Gasteiger partial charge >= 0.3 is 0 Å². The maximum atomic E-state index is 13.2. The van der Waals surface area contributed by atoms with Crippen molar-refractivity contribution in [1.82, 2.24) is 15.1 Å². The lowest BCUT2D eigenvalue weighted by Crippen LogP contribution is -2.57. The Morgan fingerprint density at radius 1 is 0.909 bits per heavy atom. The molecular formula is C27H35N3O3. The van der Waals surface area contributed by atoms with Gasteiger partial charge in [-0.3, -0.25) is 14.4 Å². The number of nitrogens with one attached hydrogen (secondary N) is 1. The Morgan fingerprint density at radius 2 is 1.55 bits per heavy atom. The van der Waals surface area contributed by atoms with Crippen molar-refractivity contribution in [3.8, 4) is 0 Å². The van der Waals surface area contributed by atoms with Crippen LogP contribution < -0.4 is 5.32 Å². The fraction of sp³-hybridized carbons (Fsp3) is 0.519. The molecule has 1 N–H and O–H groups in total. The molecule has 2 aliphatic rings. The molecule has 1 aliphatic carbocycles. The molecule has 1 aliphatic heterocycles. The van der Waals surface area contributed by atoms with Crippen LogP contribution in [0.4, 0.5) is 0 Å². The van der Waals surface area contributed by atoms with E-state index in [9.17, 15) is 14.4 Å². The molecule has 2 fully saturated rings. The van der Waals surface area contributed by atoms with E-state index >= 15 is 0 Å². The van der Waals surface area contributed by atoms with Crippen LogP contribution >= 0.6 is 0 Å². The van der Waals surface area contributed by atoms with Gasteiger partial charge in [0.2, 0.25) is 17.7 Å². The molecule has 2 aromatic carbocycles. The number of piperazine rings is 1. The number of fused-ring (bicyclic) bond motifs is 1. The third-order valence-electron chi connectivity index (χ3n) is 7.04. The Bertz CT molecular complexity index is 1000. The zero-order valence-corrected chi connectivity index (χ0v) is 19.8. The average molecular weight is 450 g/mol. The van der Waals surface area contributed by atoms with Crippen LogP contribution in [0.3, 0.4) is 0 Å². The van der Waals surface area contributed by atoms with Gasteiger partial charge in [0, 0.05) is 32.1 Å². The largest absolute Gasteiger partial charge is 0.344 e. The summed E-state index contributed by atoms with van der Waals surface area (Å²) < 4.78 is 0. The maximum Gasteiger partial charge on any atom is 0.245 e. The first kappa shape index (κ1) is 23.3. The van der Waals surface area contributed by atoms with Gasteiger partial charge in [-0.25, -0.2) is 0 Å². The van der Waals surface area contributed by atoms with Crippen LogP contribution in [0.25, 0.3) is 10.8 Å². The molecule has 2 aromatic rings. The van der Waals surface area contributed by atoms with Gasteiger partial charge < -0.3 is 15.1 Å². The Hall–Kier alpha value is -2.89. The second-order valence-electron chi connectivity index (χ2n) is 9.78. The number of hydrogen-bond donors (Lipinski definition) is 1. The lowest BCUT2D eigenvalue weighted by molar-refractivity contribution is -0.144. The summed E-state index contributed by atoms with van der Waals surface area (Å²) in [5.41, 5.74) is 0.931. The summed E-state index contributed by atoms with van der Waals surface area (Å²) in [5, 5.41) is 5.22. The van der Waals surface area contributed by atoms with Crippen molar-refractivity contribution >= 4 is 28.5 Å². The van der Waals surface area contributed by atoms with Crippen LogP contribution in [-0.4, -0.2) is 59.7 Å². The SMILES string of the molecule is CC(C)C(NC(=O)Cc1ccc2ccccc2c1)C(=O)N1CCN(C(=O)C2CCCC2)CC1. The second-order valence-corrected chi connectivity index (χ2v) is 9.78. The Morgan fingerprint density at radius 3 is 2.21 bits per heavy atom. The van der Waals surface area contributed by atoms with Crippen molar-refractivity contribution in [1.29, 1.82) is 0 Å². The summed E-state index contributed by atoms with van der Waals surface area (Å²) in [7, 11) is 0. The molecular weight excluding hydrogens is 414 g/mol. The third kappa shape index (κ3) is 5.55. The minimum Gasteiger partial charge on any atom is -0.344 e. The molecule has 1 saturated heterocycles. The molecule has 1 heterocycles. The minimum absolute atomic E-state index is 0.0174. The molecule has 0 radical (unpaired) electrons. The van der Waals surface area contributed by atoms with E-state index in [0.717, 1.165) is 42.0 Å². The predicted molar refractivity (Wildman–Crippen MR) is 130 cm³/mol. The van der Waals surface area contributed by atoms with Crippen molar-refractivity contribution in [3.05, 3.63) is 48.0 Å². The highest BCUT2D eigenvalue weighted by Gasteiger charge is 2.33. The predicted octanol–water partition coefficient (Wildman–Crippen LogP) is 3.38. The van der Waals surface area contributed by atoms with E-state index in [-0.39, 0.29) is 36.0 Å². The van der Waals surface area contributed by atoms with Gasteiger partial charge in [-0.15, -0.1) is 0 Å². The van der Waals surface area contributed by atoms with E-state index in [1.54, 1.807) is 4.90 Å². The quantitative estimate of drug-likeness (QED) is 0.735. The van der Waals surface area contributed by atoms with Crippen molar-refractivity contribution in [2.45, 2.75) is 52.0 Å². The van der Waals surface area contributed by atoms with Gasteiger partial charge in [0.1, 0.15) is 6.04 Å². The summed E-state index contributed by atoms with van der Waals surface area (Å²) in [5.74, 6) is 0.210. The molecule has 6 heteroatoms. The molecule has 1 unspecified atom stereocenters. The Balaban J connectivity index is 1.33. The first-order chi connectivity index (χ1) is 15.9. The highest BCUT2D eigenvalue weighted by atomic mass is 16.2. The van der Waals surface area contributed by atoms with Gasteiger partial charge in [0.05, 0.1) is 6.42 Å². The lowest BCUT2D eigenvalue weighted by atomic mass is 10.0. The van der Waals surface area contributed by atoms with Gasteiger partial charge in [0.25, 0.3) is 0 Å². The van der Waals surface area contributed by atoms with Gasteiger partial charge in [0.15, 0.2) is 0 Å². The standard InChI is InChI=1S/C27H35N3O3/c1-19(2)25(28-24(31)18-20-11-12-21-7-3-6-10-23(21)17-20)27(33)30-15-13-29(14-16-30)26(32)22-8-4-5-9-22/h3,6-7,10-12,17,19,22,25H,4-5,8-9,13-16,18H2,1-2H3,(H,28,31). The van der Waals surface area contributed by atoms with Crippen LogP contribution in [0.5, 0.6) is 0 Å². The summed E-state index contributed by atoms with van der Waals surface area (Å²) in [6.07, 6.45) is 4.52. The number of amides is 3. The van der Waals surface area contributed by atoms with E-state index < -0.39 is 6.04 Å². The van der Waals surface area contributed by atoms with Gasteiger partial charge in [-0.05, 0) is 35.1 Å². The number of benzene rings is 2. The van der Waals surface area contributed by atoms with E-state index in [1.165, 1.54) is 0 Å². The fourth-order valence-corrected chi connectivity index (χ4v) is 5.05. The molecule has 3 amide bonds. The second kappa shape index (κ2) is 10.4. The van der Waals surface area contributed by atoms with E-state index in [0.29, 0.717) is 26.2 Å². The minimum atomic E-state index is -0.560. The maximum absolute atomic E-state index is 13.2. The summed E-state index contributed by atoms with van der Waals surface area (Å²) in [6, 6.07) is 13.5. The van der Waals surface area contributed by atoms with Gasteiger partial charge in [-0.1, -0.05) is 69.2 Å². The van der Waals surface area contributed by atoms with Crippen LogP contribution in [-0.2, 0) is 20.8 Å². The van der Waals surface area contributed by atoms with E-state index in [2.05, 4.69) is 5.32 Å². The first-order valence-corrected chi connectivity index (χ1v) is 12.3. The van der Waals surface area contributed by atoms with Crippen molar-refractivity contribution < 1.29 is 14.4 Å². The molecule has 6 nitrogen and oxygen atoms in total. The molecule has 1 atom stereocenters. The fourth-order valence-electron chi connectivity index (χ4n) is 5.05. The zero-order valence-electron chi connectivity index (χ0n) is 19.8. The highest BCUT2D eigenvalue weighted by Crippen LogP contribution is 2.27. The molecule has 1 saturated carbocycles. The number of carbonyl (C=O) groups excluding carboxylic acids is 3. The van der Waals surface area contributed by atoms with E-state index in [4.69, 9.17) is 0 Å². The van der Waals surface area contributed by atoms with Crippen molar-refractivity contribution in [2.24, 2.45) is 11.8 Å². The average Bonchev–Trinajstić information content (AvgIpc) is 3.36. The monoisotopic (exact) mass is 449 g/mol. The van der Waals surface area contributed by atoms with Crippen LogP contribution in [0.2, 0.25) is 0 Å².